The molecule has 7 nitrogen and oxygen atoms in total. The van der Waals surface area contributed by atoms with E-state index in [2.05, 4.69) is 57.7 Å². The van der Waals surface area contributed by atoms with Crippen molar-refractivity contribution in [1.29, 1.82) is 0 Å². The van der Waals surface area contributed by atoms with Crippen LogP contribution < -0.4 is 0 Å². The van der Waals surface area contributed by atoms with Crippen LogP contribution in [0.15, 0.2) is 42.5 Å². The van der Waals surface area contributed by atoms with Gasteiger partial charge in [0, 0.05) is 47.2 Å². The lowest BCUT2D eigenvalue weighted by Gasteiger charge is -2.62. The van der Waals surface area contributed by atoms with Crippen molar-refractivity contribution in [3.8, 4) is 0 Å². The Balaban J connectivity index is 1.39. The van der Waals surface area contributed by atoms with Crippen LogP contribution in [-0.2, 0) is 4.79 Å². The fourth-order valence-electron chi connectivity index (χ4n) is 11.4. The maximum atomic E-state index is 14.3. The Morgan fingerprint density at radius 3 is 2.47 bits per heavy atom. The summed E-state index contributed by atoms with van der Waals surface area (Å²) in [4.78, 5) is 18.6. The van der Waals surface area contributed by atoms with Gasteiger partial charge in [-0.15, -0.1) is 0 Å². The summed E-state index contributed by atoms with van der Waals surface area (Å²) in [7, 11) is 3.68. The molecule has 0 unspecified atom stereocenters. The minimum absolute atomic E-state index is 0.0179. The number of imidazole rings is 1. The lowest BCUT2D eigenvalue weighted by molar-refractivity contribution is -0.163. The number of carbonyl (C=O) groups is 1. The van der Waals surface area contributed by atoms with Crippen molar-refractivity contribution < 1.29 is 25.2 Å². The van der Waals surface area contributed by atoms with Gasteiger partial charge in [-0.3, -0.25) is 4.79 Å². The zero-order valence-corrected chi connectivity index (χ0v) is 32.3. The molecular formula is C40H62N2O5S2. The summed E-state index contributed by atoms with van der Waals surface area (Å²) in [5.41, 5.74) is -0.421. The monoisotopic (exact) mass is 714 g/mol. The van der Waals surface area contributed by atoms with E-state index in [4.69, 9.17) is 0 Å². The molecule has 0 spiro atoms. The molecule has 1 saturated heterocycles. The first-order chi connectivity index (χ1) is 23.0. The summed E-state index contributed by atoms with van der Waals surface area (Å²) in [6.07, 6.45) is 12.6. The molecule has 3 saturated carbocycles. The topological polar surface area (TPSA) is 116 Å². The third-order valence-electron chi connectivity index (χ3n) is 14.5. The third kappa shape index (κ3) is 6.47. The lowest BCUT2D eigenvalue weighted by Crippen LogP contribution is -2.63. The quantitative estimate of drug-likeness (QED) is 0.184. The highest BCUT2D eigenvalue weighted by Crippen LogP contribution is 2.71. The van der Waals surface area contributed by atoms with Gasteiger partial charge in [0.2, 0.25) is 0 Å². The standard InChI is InChI=1S/C40H62N2O5S2/c1-24(2)9-8-11-39-20-36(46)35(45)18-32(39)34(44)17-31-29(39)10-12-38(7)30-16-27(40(31,38)47)21-48-49-22-28(42-14-13-41-23-42)19-37(5,6)25(3)15-33(43)26(30)4/h13-14,17,23-24,26-30,32-33,35-36,43,45-47H,3,8-12,15-16,18-22H2,1-2,4-7H3/t26-,27+,28-,29-,30+,32-,33+,35+,36-,38+,39+,40+/m0/s1. The molecule has 5 aliphatic rings. The first kappa shape index (κ1) is 37.7. The molecule has 4 fully saturated rings. The number of hydrogen-bond acceptors (Lipinski definition) is 8. The van der Waals surface area contributed by atoms with Crippen LogP contribution in [0, 0.1) is 51.8 Å². The second-order valence-corrected chi connectivity index (χ2v) is 20.6. The minimum atomic E-state index is -1.20. The van der Waals surface area contributed by atoms with Gasteiger partial charge in [-0.25, -0.2) is 4.98 Å². The number of rotatable bonds is 5. The highest BCUT2D eigenvalue weighted by molar-refractivity contribution is 8.76. The largest absolute Gasteiger partial charge is 0.393 e. The van der Waals surface area contributed by atoms with Crippen molar-refractivity contribution in [2.45, 2.75) is 136 Å². The van der Waals surface area contributed by atoms with Crippen molar-refractivity contribution in [3.05, 3.63) is 42.5 Å². The van der Waals surface area contributed by atoms with Gasteiger partial charge in [-0.05, 0) is 97.5 Å². The van der Waals surface area contributed by atoms with E-state index in [1.165, 1.54) is 0 Å². The molecule has 1 aromatic heterocycles. The predicted molar refractivity (Wildman–Crippen MR) is 200 cm³/mol. The third-order valence-corrected chi connectivity index (χ3v) is 17.1. The number of nitrogens with zero attached hydrogens (tertiary/aromatic N) is 2. The number of carbonyl (C=O) groups excluding carboxylic acids is 1. The molecule has 1 aliphatic heterocycles. The van der Waals surface area contributed by atoms with Crippen LogP contribution in [-0.4, -0.2) is 71.2 Å². The fraction of sp³-hybridized carbons (Fsp3) is 0.800. The predicted octanol–water partition coefficient (Wildman–Crippen LogP) is 7.42. The summed E-state index contributed by atoms with van der Waals surface area (Å²) >= 11 is 0. The van der Waals surface area contributed by atoms with Gasteiger partial charge in [-0.1, -0.05) is 88.1 Å². The Labute approximate surface area is 302 Å². The molecule has 0 aromatic carbocycles. The molecule has 0 radical (unpaired) electrons. The van der Waals surface area contributed by atoms with Crippen LogP contribution in [0.4, 0.5) is 0 Å². The highest BCUT2D eigenvalue weighted by atomic mass is 33.1. The van der Waals surface area contributed by atoms with Gasteiger partial charge in [0.05, 0.1) is 30.2 Å². The van der Waals surface area contributed by atoms with Gasteiger partial charge < -0.3 is 25.0 Å². The molecule has 9 heteroatoms. The summed E-state index contributed by atoms with van der Waals surface area (Å²) in [6, 6.07) is 0.211. The summed E-state index contributed by atoms with van der Waals surface area (Å²) < 4.78 is 2.19. The first-order valence-corrected chi connectivity index (χ1v) is 21.5. The molecule has 0 amide bonds. The van der Waals surface area contributed by atoms with E-state index in [1.807, 2.05) is 40.3 Å². The van der Waals surface area contributed by atoms with E-state index in [-0.39, 0.29) is 53.3 Å². The number of fused-ring (bicyclic) bond motifs is 9. The van der Waals surface area contributed by atoms with Gasteiger partial charge in [-0.2, -0.15) is 0 Å². The van der Waals surface area contributed by atoms with Crippen LogP contribution in [0.25, 0.3) is 0 Å². The van der Waals surface area contributed by atoms with E-state index >= 15 is 0 Å². The zero-order chi connectivity index (χ0) is 35.5. The van der Waals surface area contributed by atoms with Crippen LogP contribution >= 0.6 is 21.6 Å². The Bertz CT molecular complexity index is 1400. The van der Waals surface area contributed by atoms with Crippen LogP contribution in [0.2, 0.25) is 0 Å². The lowest BCUT2D eigenvalue weighted by atomic mass is 9.44. The molecule has 1 aromatic rings. The number of aliphatic hydroxyl groups is 4. The molecule has 49 heavy (non-hydrogen) atoms. The number of allylic oxidation sites excluding steroid dienone is 1. The molecule has 12 atom stereocenters. The Morgan fingerprint density at radius 1 is 1.04 bits per heavy atom. The Hall–Kier alpha value is -1.10. The van der Waals surface area contributed by atoms with E-state index in [1.54, 1.807) is 6.08 Å². The van der Waals surface area contributed by atoms with E-state index in [9.17, 15) is 25.2 Å². The molecule has 4 N–H and O–H groups in total. The van der Waals surface area contributed by atoms with Crippen molar-refractivity contribution in [2.24, 2.45) is 51.8 Å². The van der Waals surface area contributed by atoms with Crippen molar-refractivity contribution in [2.75, 3.05) is 11.5 Å². The van der Waals surface area contributed by atoms with Crippen LogP contribution in [0.1, 0.15) is 112 Å². The van der Waals surface area contributed by atoms with Gasteiger partial charge in [0.25, 0.3) is 0 Å². The number of aliphatic hydroxyl groups excluding tert-OH is 3. The summed E-state index contributed by atoms with van der Waals surface area (Å²) in [5.74, 6) is 1.78. The van der Waals surface area contributed by atoms with Crippen LogP contribution in [0.5, 0.6) is 0 Å². The Morgan fingerprint density at radius 2 is 1.78 bits per heavy atom. The summed E-state index contributed by atoms with van der Waals surface area (Å²) in [5, 5.41) is 47.5. The fourth-order valence-corrected chi connectivity index (χ4v) is 14.1. The van der Waals surface area contributed by atoms with Gasteiger partial charge >= 0.3 is 0 Å². The van der Waals surface area contributed by atoms with E-state index < -0.39 is 34.7 Å². The molecule has 274 valence electrons. The molecule has 2 heterocycles. The van der Waals surface area contributed by atoms with E-state index in [0.29, 0.717) is 18.8 Å². The second-order valence-electron chi connectivity index (χ2n) is 18.0. The molecular weight excluding hydrogens is 653 g/mol. The maximum absolute atomic E-state index is 14.3. The van der Waals surface area contributed by atoms with E-state index in [0.717, 1.165) is 67.6 Å². The SMILES string of the molecule is C=C1C[C@@H](O)[C@@H](C)[C@H]2C[C@H](CSSC[C@@H](n3ccnc3)CC1(C)C)[C@@]1(O)C3=CC(=O)[C@@H]4C[C@@H](O)[C@@H](O)C[C@]4(CCCC(C)C)[C@H]3CC[C@]21C. The molecule has 4 aliphatic carbocycles. The van der Waals surface area contributed by atoms with Crippen LogP contribution in [0.3, 0.4) is 0 Å². The average molecular weight is 715 g/mol. The van der Waals surface area contributed by atoms with Gasteiger partial charge in [0.15, 0.2) is 5.78 Å². The van der Waals surface area contributed by atoms with Gasteiger partial charge in [0.1, 0.15) is 0 Å². The minimum Gasteiger partial charge on any atom is -0.393 e. The smallest absolute Gasteiger partial charge is 0.159 e. The number of aromatic nitrogens is 2. The number of hydrogen-bond donors (Lipinski definition) is 4. The zero-order valence-electron chi connectivity index (χ0n) is 30.7. The maximum Gasteiger partial charge on any atom is 0.159 e. The average Bonchev–Trinajstić information content (AvgIpc) is 3.65. The molecule has 6 rings (SSSR count). The normalized spacial score (nSPS) is 44.5. The Kier molecular flexibility index (Phi) is 10.8. The summed E-state index contributed by atoms with van der Waals surface area (Å²) in [6.45, 7) is 17.9. The first-order valence-electron chi connectivity index (χ1n) is 19.0. The second kappa shape index (κ2) is 14.0. The van der Waals surface area contributed by atoms with Crippen molar-refractivity contribution in [3.63, 3.8) is 0 Å². The molecule has 2 bridgehead atoms. The van der Waals surface area contributed by atoms with Crippen molar-refractivity contribution >= 4 is 27.4 Å². The number of ketones is 1. The van der Waals surface area contributed by atoms with Crippen molar-refractivity contribution in [1.82, 2.24) is 9.55 Å². The highest BCUT2D eigenvalue weighted by Gasteiger charge is 2.70.